The first-order chi connectivity index (χ1) is 10.6. The zero-order valence-corrected chi connectivity index (χ0v) is 16.0. The van der Waals surface area contributed by atoms with Crippen LogP contribution in [0.4, 0.5) is 0 Å². The van der Waals surface area contributed by atoms with Crippen molar-refractivity contribution in [1.29, 1.82) is 0 Å². The molecule has 0 aliphatic rings. The Bertz CT molecular complexity index is 863. The molecule has 120 valence electrons. The Labute approximate surface area is 163 Å². The molecule has 3 rings (SSSR count). The van der Waals surface area contributed by atoms with Crippen molar-refractivity contribution < 1.29 is 54.1 Å². The molecule has 3 aromatic heterocycles. The number of aromatic nitrogens is 3. The number of carbonyl (C=O) groups is 2. The number of methoxy groups -OCH3 is 2. The van der Waals surface area contributed by atoms with E-state index in [1.807, 2.05) is 17.5 Å². The number of rotatable bonds is 3. The second-order valence-electron chi connectivity index (χ2n) is 4.29. The number of ether oxygens (including phenoxy) is 2. The van der Waals surface area contributed by atoms with E-state index in [9.17, 15) is 9.59 Å². The van der Waals surface area contributed by atoms with Crippen molar-refractivity contribution in [3.63, 3.8) is 0 Å². The van der Waals surface area contributed by atoms with Gasteiger partial charge in [0.25, 0.3) is 0 Å². The van der Waals surface area contributed by atoms with Crippen LogP contribution in [-0.4, -0.2) is 46.2 Å². The summed E-state index contributed by atoms with van der Waals surface area (Å²) in [5, 5.41) is 6.29. The number of carbonyl (C=O) groups excluding carboxylic acids is 2. The van der Waals surface area contributed by atoms with Crippen LogP contribution in [0.5, 0.6) is 0 Å². The van der Waals surface area contributed by atoms with E-state index in [1.165, 1.54) is 36.1 Å². The topological polar surface area (TPSA) is 113 Å². The number of thiophene rings is 1. The Morgan fingerprint density at radius 1 is 1.17 bits per heavy atom. The molecule has 0 aliphatic carbocycles. The minimum atomic E-state index is -0.633. The third kappa shape index (κ3) is 3.65. The summed E-state index contributed by atoms with van der Waals surface area (Å²) in [7, 11) is 2.51. The largest absolute Gasteiger partial charge is 1.00 e. The first-order valence-electron chi connectivity index (χ1n) is 6.25. The summed E-state index contributed by atoms with van der Waals surface area (Å²) >= 11 is 1.51. The standard InChI is InChI=1S/C14H11N3O4S.Na.H2O/c1-20-13(18)9-6-10(14(19)21-2)17-12(15-9)7-8(16-17)11-4-3-5-22-11;;/h3-7H,1-2H3;;1H2/q;+1;/p-1. The Morgan fingerprint density at radius 2 is 1.88 bits per heavy atom. The molecular formula is C14H12N3NaO5S. The van der Waals surface area contributed by atoms with Gasteiger partial charge in [-0.1, -0.05) is 6.07 Å². The number of hydrogen-bond donors (Lipinski definition) is 0. The van der Waals surface area contributed by atoms with Gasteiger partial charge in [-0.2, -0.15) is 5.10 Å². The molecular weight excluding hydrogens is 345 g/mol. The zero-order valence-electron chi connectivity index (χ0n) is 13.2. The number of hydrogen-bond acceptors (Lipinski definition) is 8. The summed E-state index contributed by atoms with van der Waals surface area (Å²) in [5.74, 6) is -1.25. The fourth-order valence-electron chi connectivity index (χ4n) is 1.98. The quantitative estimate of drug-likeness (QED) is 0.430. The predicted octanol–water partition coefficient (Wildman–Crippen LogP) is -1.14. The molecule has 0 fully saturated rings. The van der Waals surface area contributed by atoms with Gasteiger partial charge in [-0.25, -0.2) is 19.1 Å². The summed E-state index contributed by atoms with van der Waals surface area (Å²) < 4.78 is 10.7. The number of nitrogens with zero attached hydrogens (tertiary/aromatic N) is 3. The second kappa shape index (κ2) is 8.36. The molecule has 0 spiro atoms. The van der Waals surface area contributed by atoms with Gasteiger partial charge in [-0.3, -0.25) is 0 Å². The van der Waals surface area contributed by atoms with Gasteiger partial charge in [0.15, 0.2) is 17.0 Å². The molecule has 24 heavy (non-hydrogen) atoms. The third-order valence-electron chi connectivity index (χ3n) is 2.99. The van der Waals surface area contributed by atoms with Crippen LogP contribution in [0.15, 0.2) is 29.6 Å². The molecule has 0 bridgehead atoms. The van der Waals surface area contributed by atoms with Gasteiger partial charge in [0, 0.05) is 12.1 Å². The molecule has 0 saturated heterocycles. The summed E-state index contributed by atoms with van der Waals surface area (Å²) in [6, 6.07) is 6.81. The minimum Gasteiger partial charge on any atom is -0.870 e. The van der Waals surface area contributed by atoms with Crippen molar-refractivity contribution in [1.82, 2.24) is 14.6 Å². The van der Waals surface area contributed by atoms with Crippen molar-refractivity contribution in [3.05, 3.63) is 41.0 Å². The van der Waals surface area contributed by atoms with E-state index in [0.29, 0.717) is 11.3 Å². The maximum Gasteiger partial charge on any atom is 1.00 e. The molecule has 10 heteroatoms. The van der Waals surface area contributed by atoms with Gasteiger partial charge in [-0.05, 0) is 11.4 Å². The maximum atomic E-state index is 11.9. The third-order valence-corrected chi connectivity index (χ3v) is 3.88. The average molecular weight is 357 g/mol. The van der Waals surface area contributed by atoms with Crippen molar-refractivity contribution >= 4 is 28.9 Å². The average Bonchev–Trinajstić information content (AvgIpc) is 3.20. The van der Waals surface area contributed by atoms with E-state index < -0.39 is 11.9 Å². The van der Waals surface area contributed by atoms with Crippen molar-refractivity contribution in [2.75, 3.05) is 14.2 Å². The molecule has 8 nitrogen and oxygen atoms in total. The van der Waals surface area contributed by atoms with Crippen LogP contribution in [0.3, 0.4) is 0 Å². The smallest absolute Gasteiger partial charge is 0.870 e. The van der Waals surface area contributed by atoms with Crippen LogP contribution in [0, 0.1) is 0 Å². The minimum absolute atomic E-state index is 0. The van der Waals surface area contributed by atoms with Crippen LogP contribution in [0.25, 0.3) is 16.2 Å². The summed E-state index contributed by atoms with van der Waals surface area (Å²) in [6.45, 7) is 0. The normalized spacial score (nSPS) is 9.75. The van der Waals surface area contributed by atoms with E-state index in [1.54, 1.807) is 6.07 Å². The SMILES string of the molecule is COC(=O)c1cc(C(=O)OC)n2nc(-c3cccs3)cc2n1.[Na+].[OH-]. The Kier molecular flexibility index (Phi) is 7.06. The molecule has 0 atom stereocenters. The van der Waals surface area contributed by atoms with Crippen LogP contribution >= 0.6 is 11.3 Å². The molecule has 0 saturated carbocycles. The predicted molar refractivity (Wildman–Crippen MR) is 80.9 cm³/mol. The van der Waals surface area contributed by atoms with E-state index in [4.69, 9.17) is 4.74 Å². The van der Waals surface area contributed by atoms with Gasteiger partial charge in [0.1, 0.15) is 5.69 Å². The molecule has 1 N–H and O–H groups in total. The zero-order chi connectivity index (χ0) is 15.7. The molecule has 0 aromatic carbocycles. The fourth-order valence-corrected chi connectivity index (χ4v) is 2.66. The molecule has 0 amide bonds. The Hall–Kier alpha value is -1.78. The van der Waals surface area contributed by atoms with Crippen molar-refractivity contribution in [2.45, 2.75) is 0 Å². The fraction of sp³-hybridized carbons (Fsp3) is 0.143. The summed E-state index contributed by atoms with van der Waals surface area (Å²) in [5.41, 5.74) is 1.16. The van der Waals surface area contributed by atoms with Gasteiger partial charge >= 0.3 is 41.5 Å². The summed E-state index contributed by atoms with van der Waals surface area (Å²) in [6.07, 6.45) is 0. The first kappa shape index (κ1) is 20.3. The van der Waals surface area contributed by atoms with Crippen molar-refractivity contribution in [3.8, 4) is 10.6 Å². The second-order valence-corrected chi connectivity index (χ2v) is 5.23. The molecule has 3 aromatic rings. The van der Waals surface area contributed by atoms with Crippen molar-refractivity contribution in [2.24, 2.45) is 0 Å². The Balaban J connectivity index is 0.00000144. The van der Waals surface area contributed by atoms with E-state index in [2.05, 4.69) is 14.8 Å². The van der Waals surface area contributed by atoms with E-state index >= 15 is 0 Å². The molecule has 3 heterocycles. The van der Waals surface area contributed by atoms with Crippen LogP contribution in [0.1, 0.15) is 21.0 Å². The van der Waals surface area contributed by atoms with Gasteiger partial charge in [0.05, 0.1) is 19.1 Å². The summed E-state index contributed by atoms with van der Waals surface area (Å²) in [4.78, 5) is 28.7. The number of esters is 2. The Morgan fingerprint density at radius 3 is 2.46 bits per heavy atom. The maximum absolute atomic E-state index is 11.9. The van der Waals surface area contributed by atoms with Crippen LogP contribution in [0.2, 0.25) is 0 Å². The van der Waals surface area contributed by atoms with Crippen LogP contribution < -0.4 is 29.6 Å². The van der Waals surface area contributed by atoms with E-state index in [-0.39, 0.29) is 46.4 Å². The van der Waals surface area contributed by atoms with Gasteiger partial charge in [0.2, 0.25) is 0 Å². The van der Waals surface area contributed by atoms with Gasteiger partial charge in [-0.15, -0.1) is 11.3 Å². The molecule has 0 aliphatic heterocycles. The monoisotopic (exact) mass is 357 g/mol. The van der Waals surface area contributed by atoms with Crippen LogP contribution in [-0.2, 0) is 9.47 Å². The van der Waals surface area contributed by atoms with E-state index in [0.717, 1.165) is 4.88 Å². The molecule has 0 radical (unpaired) electrons. The van der Waals surface area contributed by atoms with Gasteiger partial charge < -0.3 is 14.9 Å². The molecule has 0 unspecified atom stereocenters. The number of fused-ring (bicyclic) bond motifs is 1. The first-order valence-corrected chi connectivity index (χ1v) is 7.13.